The molecule has 168 valence electrons. The van der Waals surface area contributed by atoms with E-state index in [0.717, 1.165) is 16.9 Å². The van der Waals surface area contributed by atoms with Crippen molar-refractivity contribution in [1.82, 2.24) is 0 Å². The SMILES string of the molecule is CCOc1ccc(NC(=O)COc2ccc(S(=O)(=O)Nc3cc(C)ccc3C)cc2)cc1. The van der Waals surface area contributed by atoms with Gasteiger partial charge in [-0.15, -0.1) is 0 Å². The predicted octanol–water partition coefficient (Wildman–Crippen LogP) is 4.52. The van der Waals surface area contributed by atoms with Crippen molar-refractivity contribution in [3.8, 4) is 11.5 Å². The summed E-state index contributed by atoms with van der Waals surface area (Å²) in [5, 5.41) is 2.73. The third kappa shape index (κ3) is 6.24. The van der Waals surface area contributed by atoms with E-state index in [0.29, 0.717) is 23.7 Å². The number of amides is 1. The van der Waals surface area contributed by atoms with Crippen molar-refractivity contribution in [3.05, 3.63) is 77.9 Å². The van der Waals surface area contributed by atoms with Gasteiger partial charge < -0.3 is 14.8 Å². The minimum absolute atomic E-state index is 0.101. The van der Waals surface area contributed by atoms with Gasteiger partial charge in [0.15, 0.2) is 6.61 Å². The number of aryl methyl sites for hydroxylation is 2. The van der Waals surface area contributed by atoms with Gasteiger partial charge in [0.05, 0.1) is 17.2 Å². The van der Waals surface area contributed by atoms with Crippen LogP contribution in [-0.2, 0) is 14.8 Å². The topological polar surface area (TPSA) is 93.7 Å². The van der Waals surface area contributed by atoms with Crippen LogP contribution in [0, 0.1) is 13.8 Å². The lowest BCUT2D eigenvalue weighted by atomic mass is 10.1. The van der Waals surface area contributed by atoms with E-state index in [9.17, 15) is 13.2 Å². The van der Waals surface area contributed by atoms with Gasteiger partial charge in [-0.25, -0.2) is 8.42 Å². The molecule has 1 amide bonds. The summed E-state index contributed by atoms with van der Waals surface area (Å²) in [6.45, 7) is 6.00. The minimum Gasteiger partial charge on any atom is -0.494 e. The Balaban J connectivity index is 1.56. The van der Waals surface area contributed by atoms with Crippen molar-refractivity contribution in [2.24, 2.45) is 0 Å². The summed E-state index contributed by atoms with van der Waals surface area (Å²) in [4.78, 5) is 12.2. The monoisotopic (exact) mass is 454 g/mol. The van der Waals surface area contributed by atoms with Gasteiger partial charge in [-0.1, -0.05) is 12.1 Å². The van der Waals surface area contributed by atoms with Crippen LogP contribution in [0.25, 0.3) is 0 Å². The van der Waals surface area contributed by atoms with Gasteiger partial charge in [-0.2, -0.15) is 0 Å². The molecule has 0 aliphatic carbocycles. The summed E-state index contributed by atoms with van der Waals surface area (Å²) in [6, 6.07) is 18.5. The number of rotatable bonds is 9. The second-order valence-corrected chi connectivity index (χ2v) is 8.87. The third-order valence-electron chi connectivity index (χ3n) is 4.59. The molecule has 0 aromatic heterocycles. The van der Waals surface area contributed by atoms with Crippen molar-refractivity contribution < 1.29 is 22.7 Å². The Labute approximate surface area is 188 Å². The molecule has 3 aromatic carbocycles. The highest BCUT2D eigenvalue weighted by Gasteiger charge is 2.15. The Morgan fingerprint density at radius 1 is 0.875 bits per heavy atom. The average Bonchev–Trinajstić information content (AvgIpc) is 2.76. The highest BCUT2D eigenvalue weighted by atomic mass is 32.2. The average molecular weight is 455 g/mol. The van der Waals surface area contributed by atoms with Crippen LogP contribution in [0.3, 0.4) is 0 Å². The van der Waals surface area contributed by atoms with Crippen LogP contribution in [0.15, 0.2) is 71.6 Å². The zero-order chi connectivity index (χ0) is 23.1. The maximum Gasteiger partial charge on any atom is 0.262 e. The molecule has 0 heterocycles. The number of sulfonamides is 1. The first-order valence-electron chi connectivity index (χ1n) is 10.1. The fourth-order valence-corrected chi connectivity index (χ4v) is 4.03. The van der Waals surface area contributed by atoms with E-state index in [4.69, 9.17) is 9.47 Å². The molecule has 0 bridgehead atoms. The molecule has 0 unspecified atom stereocenters. The minimum atomic E-state index is -3.74. The number of carbonyl (C=O) groups excluding carboxylic acids is 1. The van der Waals surface area contributed by atoms with Crippen LogP contribution >= 0.6 is 0 Å². The van der Waals surface area contributed by atoms with Gasteiger partial charge in [-0.05, 0) is 86.5 Å². The molecular weight excluding hydrogens is 428 g/mol. The Morgan fingerprint density at radius 3 is 2.16 bits per heavy atom. The molecule has 0 radical (unpaired) electrons. The van der Waals surface area contributed by atoms with Crippen molar-refractivity contribution in [2.45, 2.75) is 25.7 Å². The molecule has 32 heavy (non-hydrogen) atoms. The summed E-state index contributed by atoms with van der Waals surface area (Å²) in [5.74, 6) is 0.781. The van der Waals surface area contributed by atoms with E-state index >= 15 is 0 Å². The van der Waals surface area contributed by atoms with Gasteiger partial charge in [0.2, 0.25) is 0 Å². The highest BCUT2D eigenvalue weighted by molar-refractivity contribution is 7.92. The number of ether oxygens (including phenoxy) is 2. The molecule has 0 atom stereocenters. The molecule has 7 nitrogen and oxygen atoms in total. The number of hydrogen-bond acceptors (Lipinski definition) is 5. The number of benzene rings is 3. The Morgan fingerprint density at radius 2 is 1.50 bits per heavy atom. The van der Waals surface area contributed by atoms with Gasteiger partial charge in [0.1, 0.15) is 11.5 Å². The number of hydrogen-bond donors (Lipinski definition) is 2. The van der Waals surface area contributed by atoms with Crippen LogP contribution in [0.5, 0.6) is 11.5 Å². The largest absolute Gasteiger partial charge is 0.494 e. The maximum absolute atomic E-state index is 12.7. The predicted molar refractivity (Wildman–Crippen MR) is 125 cm³/mol. The summed E-state index contributed by atoms with van der Waals surface area (Å²) < 4.78 is 38.8. The van der Waals surface area contributed by atoms with Crippen LogP contribution in [0.1, 0.15) is 18.1 Å². The molecule has 0 fully saturated rings. The number of carbonyl (C=O) groups is 1. The summed E-state index contributed by atoms with van der Waals surface area (Å²) in [5.41, 5.74) is 2.95. The van der Waals surface area contributed by atoms with Crippen molar-refractivity contribution in [1.29, 1.82) is 0 Å². The van der Waals surface area contributed by atoms with Crippen molar-refractivity contribution in [2.75, 3.05) is 23.3 Å². The Hall–Kier alpha value is -3.52. The summed E-state index contributed by atoms with van der Waals surface area (Å²) in [6.07, 6.45) is 0. The van der Waals surface area contributed by atoms with Crippen LogP contribution < -0.4 is 19.5 Å². The summed E-state index contributed by atoms with van der Waals surface area (Å²) >= 11 is 0. The van der Waals surface area contributed by atoms with E-state index in [1.165, 1.54) is 24.3 Å². The third-order valence-corrected chi connectivity index (χ3v) is 5.97. The maximum atomic E-state index is 12.7. The molecule has 3 aromatic rings. The lowest BCUT2D eigenvalue weighted by Gasteiger charge is -2.12. The van der Waals surface area contributed by atoms with E-state index in [1.807, 2.05) is 32.9 Å². The lowest BCUT2D eigenvalue weighted by molar-refractivity contribution is -0.118. The zero-order valence-electron chi connectivity index (χ0n) is 18.2. The van der Waals surface area contributed by atoms with Gasteiger partial charge in [-0.3, -0.25) is 9.52 Å². The second-order valence-electron chi connectivity index (χ2n) is 7.19. The van der Waals surface area contributed by atoms with Crippen LogP contribution in [0.4, 0.5) is 11.4 Å². The summed E-state index contributed by atoms with van der Waals surface area (Å²) in [7, 11) is -3.74. The first kappa shape index (κ1) is 23.1. The van der Waals surface area contributed by atoms with Gasteiger partial charge in [0, 0.05) is 5.69 Å². The molecule has 0 saturated carbocycles. The smallest absolute Gasteiger partial charge is 0.262 e. The van der Waals surface area contributed by atoms with Crippen LogP contribution in [-0.4, -0.2) is 27.5 Å². The number of nitrogens with one attached hydrogen (secondary N) is 2. The number of anilines is 2. The fraction of sp³-hybridized carbons (Fsp3) is 0.208. The van der Waals surface area contributed by atoms with E-state index in [-0.39, 0.29) is 17.4 Å². The highest BCUT2D eigenvalue weighted by Crippen LogP contribution is 2.23. The molecule has 0 spiro atoms. The van der Waals surface area contributed by atoms with E-state index in [2.05, 4.69) is 10.0 Å². The first-order chi connectivity index (χ1) is 15.3. The van der Waals surface area contributed by atoms with Crippen molar-refractivity contribution in [3.63, 3.8) is 0 Å². The quantitative estimate of drug-likeness (QED) is 0.496. The van der Waals surface area contributed by atoms with E-state index in [1.54, 1.807) is 30.3 Å². The standard InChI is InChI=1S/C24H26N2O5S/c1-4-30-20-9-7-19(8-10-20)25-24(27)16-31-21-11-13-22(14-12-21)32(28,29)26-23-15-17(2)5-6-18(23)3/h5-15,26H,4,16H2,1-3H3,(H,25,27). The molecular formula is C24H26N2O5S. The Bertz CT molecular complexity index is 1170. The van der Waals surface area contributed by atoms with Crippen LogP contribution in [0.2, 0.25) is 0 Å². The molecule has 0 aliphatic heterocycles. The Kier molecular flexibility index (Phi) is 7.37. The normalized spacial score (nSPS) is 11.0. The molecule has 0 aliphatic rings. The fourth-order valence-electron chi connectivity index (χ4n) is 2.91. The van der Waals surface area contributed by atoms with Gasteiger partial charge >= 0.3 is 0 Å². The second kappa shape index (κ2) is 10.2. The first-order valence-corrected chi connectivity index (χ1v) is 11.6. The van der Waals surface area contributed by atoms with Crippen molar-refractivity contribution >= 4 is 27.3 Å². The molecule has 0 saturated heterocycles. The lowest BCUT2D eigenvalue weighted by Crippen LogP contribution is -2.20. The van der Waals surface area contributed by atoms with Gasteiger partial charge in [0.25, 0.3) is 15.9 Å². The molecule has 8 heteroatoms. The molecule has 3 rings (SSSR count). The van der Waals surface area contributed by atoms with E-state index < -0.39 is 10.0 Å². The molecule has 2 N–H and O–H groups in total. The zero-order valence-corrected chi connectivity index (χ0v) is 19.0.